The summed E-state index contributed by atoms with van der Waals surface area (Å²) >= 11 is 1.44. The van der Waals surface area contributed by atoms with E-state index in [0.717, 1.165) is 10.5 Å². The minimum absolute atomic E-state index is 0.00477. The lowest BCUT2D eigenvalue weighted by Crippen LogP contribution is -2.27. The molecule has 12 nitrogen and oxygen atoms in total. The molecule has 3 heterocycles. The van der Waals surface area contributed by atoms with E-state index in [4.69, 9.17) is 25.1 Å². The molecule has 1 amide bonds. The lowest BCUT2D eigenvalue weighted by molar-refractivity contribution is -0.137. The Balaban J connectivity index is 0.00000316. The van der Waals surface area contributed by atoms with Crippen molar-refractivity contribution in [2.24, 2.45) is 0 Å². The van der Waals surface area contributed by atoms with Crippen molar-refractivity contribution in [2.45, 2.75) is 25.2 Å². The van der Waals surface area contributed by atoms with Crippen LogP contribution in [0, 0.1) is 0 Å². The van der Waals surface area contributed by atoms with Gasteiger partial charge < -0.3 is 35.7 Å². The predicted octanol–water partition coefficient (Wildman–Crippen LogP) is 3.50. The largest absolute Gasteiger partial charge is 0.489 e. The van der Waals surface area contributed by atoms with Gasteiger partial charge in [0.05, 0.1) is 50.4 Å². The van der Waals surface area contributed by atoms with E-state index >= 15 is 0 Å². The maximum atomic E-state index is 13.3. The van der Waals surface area contributed by atoms with Crippen LogP contribution in [-0.2, 0) is 19.0 Å². The fraction of sp³-hybridized carbons (Fsp3) is 0.400. The number of nitrogens with zero attached hydrogens (tertiary/aromatic N) is 3. The van der Waals surface area contributed by atoms with Gasteiger partial charge in [-0.1, -0.05) is 39.1 Å². The van der Waals surface area contributed by atoms with E-state index in [1.807, 2.05) is 42.4 Å². The molecule has 1 aromatic heterocycles. The molecular formula is C30H42N6O6S. The fourth-order valence-electron chi connectivity index (χ4n) is 3.70. The number of carbonyl (C=O) groups excluding carboxylic acids is 1. The molecule has 0 unspecified atom stereocenters. The third-order valence-electron chi connectivity index (χ3n) is 5.71. The van der Waals surface area contributed by atoms with Crippen molar-refractivity contribution in [1.82, 2.24) is 24.9 Å². The number of carboxylic acid groups (broad SMARTS) is 1. The Morgan fingerprint density at radius 3 is 2.51 bits per heavy atom. The zero-order valence-corrected chi connectivity index (χ0v) is 25.9. The van der Waals surface area contributed by atoms with Gasteiger partial charge >= 0.3 is 5.97 Å². The summed E-state index contributed by atoms with van der Waals surface area (Å²) in [4.78, 5) is 34.0. The number of nitrogen functional groups attached to an aromatic ring is 1. The predicted molar refractivity (Wildman–Crippen MR) is 168 cm³/mol. The summed E-state index contributed by atoms with van der Waals surface area (Å²) in [6, 6.07) is 7.48. The normalized spacial score (nSPS) is 17.2. The smallest absolute Gasteiger partial charge is 0.304 e. The lowest BCUT2D eigenvalue weighted by Gasteiger charge is -2.20. The van der Waals surface area contributed by atoms with Crippen molar-refractivity contribution in [3.63, 3.8) is 0 Å². The molecule has 0 saturated heterocycles. The number of benzene rings is 1. The summed E-state index contributed by atoms with van der Waals surface area (Å²) in [6.07, 6.45) is 2.96. The van der Waals surface area contributed by atoms with Crippen LogP contribution in [0.5, 0.6) is 0 Å². The van der Waals surface area contributed by atoms with Gasteiger partial charge in [0.15, 0.2) is 11.5 Å². The highest BCUT2D eigenvalue weighted by molar-refractivity contribution is 7.97. The maximum Gasteiger partial charge on any atom is 0.304 e. The third kappa shape index (κ3) is 11.8. The van der Waals surface area contributed by atoms with Crippen molar-refractivity contribution < 1.29 is 28.9 Å². The van der Waals surface area contributed by atoms with Crippen LogP contribution in [-0.4, -0.2) is 91.0 Å². The minimum atomic E-state index is -0.870. The van der Waals surface area contributed by atoms with Crippen LogP contribution in [0.25, 0.3) is 11.3 Å². The molecule has 0 radical (unpaired) electrons. The molecule has 5 N–H and O–H groups in total. The van der Waals surface area contributed by atoms with E-state index in [0.29, 0.717) is 62.2 Å². The SMILES string of the molecule is C=C/C1=C(\C(=C)CNC)OCCOCCOCCN(CCC(=O)O)Sc2ccc(cc2)-c2cnc(N)c(n2)C(=O)N1.CC. The van der Waals surface area contributed by atoms with E-state index in [9.17, 15) is 9.59 Å². The molecule has 234 valence electrons. The van der Waals surface area contributed by atoms with Gasteiger partial charge in [-0.05, 0) is 37.2 Å². The first-order valence-electron chi connectivity index (χ1n) is 14.0. The van der Waals surface area contributed by atoms with Crippen LogP contribution in [0.2, 0.25) is 0 Å². The number of likely N-dealkylation sites (N-methyl/N-ethyl adjacent to an activating group) is 1. The van der Waals surface area contributed by atoms with E-state index < -0.39 is 11.9 Å². The van der Waals surface area contributed by atoms with Crippen LogP contribution in [0.1, 0.15) is 30.8 Å². The van der Waals surface area contributed by atoms with Crippen LogP contribution in [0.15, 0.2) is 71.6 Å². The van der Waals surface area contributed by atoms with Crippen molar-refractivity contribution in [3.8, 4) is 11.3 Å². The number of rotatable bonds is 7. The monoisotopic (exact) mass is 614 g/mol. The Labute approximate surface area is 257 Å². The van der Waals surface area contributed by atoms with Crippen LogP contribution >= 0.6 is 11.9 Å². The summed E-state index contributed by atoms with van der Waals surface area (Å²) < 4.78 is 19.2. The highest BCUT2D eigenvalue weighted by atomic mass is 32.2. The fourth-order valence-corrected chi connectivity index (χ4v) is 4.60. The second-order valence-corrected chi connectivity index (χ2v) is 9.96. The van der Waals surface area contributed by atoms with Gasteiger partial charge in [0, 0.05) is 35.7 Å². The number of aromatic nitrogens is 2. The van der Waals surface area contributed by atoms with Crippen LogP contribution in [0.3, 0.4) is 0 Å². The first-order valence-corrected chi connectivity index (χ1v) is 14.8. The molecule has 4 bridgehead atoms. The lowest BCUT2D eigenvalue weighted by atomic mass is 10.1. The van der Waals surface area contributed by atoms with Crippen molar-refractivity contribution in [2.75, 3.05) is 65.5 Å². The molecule has 4 rings (SSSR count). The van der Waals surface area contributed by atoms with E-state index in [2.05, 4.69) is 33.8 Å². The van der Waals surface area contributed by atoms with Gasteiger partial charge in [-0.25, -0.2) is 14.3 Å². The van der Waals surface area contributed by atoms with Gasteiger partial charge in [0.25, 0.3) is 5.91 Å². The van der Waals surface area contributed by atoms with Crippen molar-refractivity contribution >= 4 is 29.6 Å². The Morgan fingerprint density at radius 2 is 1.86 bits per heavy atom. The average Bonchev–Trinajstić information content (AvgIpc) is 3.01. The third-order valence-corrected chi connectivity index (χ3v) is 6.82. The average molecular weight is 615 g/mol. The molecule has 43 heavy (non-hydrogen) atoms. The number of hydrogen-bond acceptors (Lipinski definition) is 11. The van der Waals surface area contributed by atoms with Gasteiger partial charge in [-0.15, -0.1) is 0 Å². The van der Waals surface area contributed by atoms with Crippen molar-refractivity contribution in [3.05, 3.63) is 72.4 Å². The van der Waals surface area contributed by atoms with Gasteiger partial charge in [0.1, 0.15) is 12.4 Å². The molecule has 0 spiro atoms. The molecule has 2 aromatic rings. The number of carboxylic acids is 1. The second kappa shape index (κ2) is 19.4. The number of allylic oxidation sites excluding steroid dienone is 1. The number of aliphatic carboxylic acids is 1. The number of carbonyl (C=O) groups is 2. The van der Waals surface area contributed by atoms with Crippen LogP contribution in [0.4, 0.5) is 5.82 Å². The maximum absolute atomic E-state index is 13.3. The summed E-state index contributed by atoms with van der Waals surface area (Å²) in [5.41, 5.74) is 8.07. The number of nitrogens with two attached hydrogens (primary N) is 1. The number of nitrogens with one attached hydrogen (secondary N) is 2. The quantitative estimate of drug-likeness (QED) is 0.266. The molecule has 0 fully saturated rings. The summed E-state index contributed by atoms with van der Waals surface area (Å²) in [7, 11) is 1.77. The topological polar surface area (TPSA) is 161 Å². The van der Waals surface area contributed by atoms with Gasteiger partial charge in [-0.2, -0.15) is 0 Å². The molecule has 0 saturated carbocycles. The summed E-state index contributed by atoms with van der Waals surface area (Å²) in [6.45, 7) is 14.8. The number of ether oxygens (including phenoxy) is 3. The molecular weight excluding hydrogens is 572 g/mol. The first-order chi connectivity index (χ1) is 20.8. The molecule has 2 aliphatic heterocycles. The zero-order valence-electron chi connectivity index (χ0n) is 25.1. The number of hydrogen-bond donors (Lipinski definition) is 4. The second-order valence-electron chi connectivity index (χ2n) is 8.79. The minimum Gasteiger partial charge on any atom is -0.489 e. The van der Waals surface area contributed by atoms with Gasteiger partial charge in [-0.3, -0.25) is 9.59 Å². The number of amides is 1. The molecule has 0 aliphatic carbocycles. The highest BCUT2D eigenvalue weighted by Gasteiger charge is 2.19. The Bertz CT molecular complexity index is 1250. The highest BCUT2D eigenvalue weighted by Crippen LogP contribution is 2.26. The van der Waals surface area contributed by atoms with Crippen LogP contribution < -0.4 is 16.4 Å². The van der Waals surface area contributed by atoms with Gasteiger partial charge in [0.2, 0.25) is 0 Å². The summed E-state index contributed by atoms with van der Waals surface area (Å²) in [5, 5.41) is 14.9. The van der Waals surface area contributed by atoms with E-state index in [1.165, 1.54) is 24.2 Å². The number of fused-ring (bicyclic) bond motifs is 15. The summed E-state index contributed by atoms with van der Waals surface area (Å²) in [5.74, 6) is -1.13. The van der Waals surface area contributed by atoms with E-state index in [1.54, 1.807) is 7.05 Å². The molecule has 0 atom stereocenters. The van der Waals surface area contributed by atoms with E-state index in [-0.39, 0.29) is 31.1 Å². The Kier molecular flexibility index (Phi) is 16.0. The zero-order chi connectivity index (χ0) is 31.6. The first kappa shape index (κ1) is 35.4. The standard InChI is InChI=1S/C28H36N6O6S.C2H6/c1-4-22-26(19(2)17-30-3)40-16-15-39-14-13-38-12-11-34(10-9-24(35)36)41-21-7-5-20(6-8-21)23-18-31-27(29)25(32-23)28(37)33-22;1-2/h4-8,18,30H,1-2,9-17H2,3H3,(H2,29,31)(H,33,37)(H,35,36);1-2H3/b26-22-;. The van der Waals surface area contributed by atoms with Crippen molar-refractivity contribution in [1.29, 1.82) is 0 Å². The molecule has 13 heteroatoms. The Hall–Kier alpha value is -3.75. The number of anilines is 1. The molecule has 1 aromatic carbocycles. The Morgan fingerprint density at radius 1 is 1.19 bits per heavy atom. The molecule has 2 aliphatic rings.